The Kier molecular flexibility index (Phi) is 3.04. The summed E-state index contributed by atoms with van der Waals surface area (Å²) in [5.41, 5.74) is 0.0395. The van der Waals surface area contributed by atoms with Crippen LogP contribution in [-0.2, 0) is 0 Å². The lowest BCUT2D eigenvalue weighted by molar-refractivity contribution is 0.00847. The number of carboxylic acids is 1. The largest absolute Gasteiger partial charge is 0.476 e. The smallest absolute Gasteiger partial charge is 0.355 e. The number of halogens is 1. The molecule has 4 heterocycles. The molecule has 1 aromatic heterocycles. The van der Waals surface area contributed by atoms with Crippen molar-refractivity contribution in [2.45, 2.75) is 6.04 Å². The van der Waals surface area contributed by atoms with E-state index in [-0.39, 0.29) is 11.7 Å². The summed E-state index contributed by atoms with van der Waals surface area (Å²) in [6, 6.07) is 0.124. The van der Waals surface area contributed by atoms with Gasteiger partial charge in [0.15, 0.2) is 5.69 Å². The second kappa shape index (κ2) is 4.56. The number of aromatic nitrogens is 2. The Morgan fingerprint density at radius 3 is 2.67 bits per heavy atom. The van der Waals surface area contributed by atoms with Crippen molar-refractivity contribution in [3.8, 4) is 0 Å². The standard InChI is InChI=1S/C11H13BrN4O2/c12-7-5-13-10(14-9(7)11(17)18)8-6-15-1-3-16(8)4-2-15/h5,8H,1-4,6H2,(H,17,18). The highest BCUT2D eigenvalue weighted by molar-refractivity contribution is 9.10. The van der Waals surface area contributed by atoms with Crippen molar-refractivity contribution in [3.63, 3.8) is 0 Å². The fourth-order valence-electron chi connectivity index (χ4n) is 2.55. The van der Waals surface area contributed by atoms with E-state index in [4.69, 9.17) is 5.11 Å². The molecule has 0 spiro atoms. The molecule has 4 rings (SSSR count). The lowest BCUT2D eigenvalue weighted by atomic mass is 10.1. The van der Waals surface area contributed by atoms with Crippen molar-refractivity contribution in [2.24, 2.45) is 0 Å². The van der Waals surface area contributed by atoms with E-state index in [0.717, 1.165) is 32.7 Å². The van der Waals surface area contributed by atoms with Crippen LogP contribution in [0.2, 0.25) is 0 Å². The van der Waals surface area contributed by atoms with Crippen molar-refractivity contribution >= 4 is 21.9 Å². The number of carbonyl (C=O) groups is 1. The number of aromatic carboxylic acids is 1. The summed E-state index contributed by atoms with van der Waals surface area (Å²) in [4.78, 5) is 24.2. The maximum atomic E-state index is 11.1. The molecule has 0 aliphatic carbocycles. The van der Waals surface area contributed by atoms with E-state index in [1.54, 1.807) is 0 Å². The Hall–Kier alpha value is -1.05. The molecule has 7 heteroatoms. The van der Waals surface area contributed by atoms with Crippen molar-refractivity contribution in [1.29, 1.82) is 0 Å². The summed E-state index contributed by atoms with van der Waals surface area (Å²) < 4.78 is 0.426. The van der Waals surface area contributed by atoms with E-state index in [1.165, 1.54) is 6.20 Å². The summed E-state index contributed by atoms with van der Waals surface area (Å²) in [6.45, 7) is 5.07. The van der Waals surface area contributed by atoms with E-state index in [0.29, 0.717) is 10.3 Å². The number of piperazine rings is 3. The van der Waals surface area contributed by atoms with Gasteiger partial charge in [-0.2, -0.15) is 0 Å². The van der Waals surface area contributed by atoms with Crippen LogP contribution in [0.4, 0.5) is 0 Å². The first kappa shape index (κ1) is 12.0. The molecule has 3 aliphatic rings. The molecule has 96 valence electrons. The van der Waals surface area contributed by atoms with Crippen molar-refractivity contribution in [1.82, 2.24) is 19.8 Å². The van der Waals surface area contributed by atoms with Crippen LogP contribution in [0.1, 0.15) is 22.4 Å². The third-order valence-corrected chi connectivity index (χ3v) is 4.12. The maximum Gasteiger partial charge on any atom is 0.355 e. The van der Waals surface area contributed by atoms with Crippen molar-refractivity contribution < 1.29 is 9.90 Å². The molecule has 1 aromatic rings. The van der Waals surface area contributed by atoms with E-state index in [9.17, 15) is 4.79 Å². The summed E-state index contributed by atoms with van der Waals surface area (Å²) in [7, 11) is 0. The van der Waals surface area contributed by atoms with Crippen LogP contribution in [0, 0.1) is 0 Å². The normalized spacial score (nSPS) is 30.4. The highest BCUT2D eigenvalue weighted by atomic mass is 79.9. The number of hydrogen-bond acceptors (Lipinski definition) is 5. The second-order valence-electron chi connectivity index (χ2n) is 4.58. The molecule has 0 saturated carbocycles. The molecule has 3 saturated heterocycles. The molecule has 2 bridgehead atoms. The SMILES string of the molecule is O=C(O)c1nc(C2CN3CCN2CC3)ncc1Br. The predicted molar refractivity (Wildman–Crippen MR) is 67.4 cm³/mol. The Bertz CT molecular complexity index is 488. The van der Waals surface area contributed by atoms with Crippen LogP contribution in [0.15, 0.2) is 10.7 Å². The van der Waals surface area contributed by atoms with Gasteiger partial charge in [-0.05, 0) is 15.9 Å². The van der Waals surface area contributed by atoms with Gasteiger partial charge in [-0.15, -0.1) is 0 Å². The average Bonchev–Trinajstić information content (AvgIpc) is 2.40. The van der Waals surface area contributed by atoms with Gasteiger partial charge in [0.2, 0.25) is 0 Å². The molecule has 0 amide bonds. The number of fused-ring (bicyclic) bond motifs is 3. The molecule has 3 aliphatic heterocycles. The summed E-state index contributed by atoms with van der Waals surface area (Å²) >= 11 is 3.17. The summed E-state index contributed by atoms with van der Waals surface area (Å²) in [5, 5.41) is 9.08. The van der Waals surface area contributed by atoms with Crippen LogP contribution in [-0.4, -0.2) is 63.6 Å². The molecular formula is C11H13BrN4O2. The van der Waals surface area contributed by atoms with E-state index >= 15 is 0 Å². The summed E-state index contributed by atoms with van der Waals surface area (Å²) in [5.74, 6) is -0.415. The fourth-order valence-corrected chi connectivity index (χ4v) is 2.91. The van der Waals surface area contributed by atoms with E-state index < -0.39 is 5.97 Å². The predicted octanol–water partition coefficient (Wildman–Crippen LogP) is 0.610. The topological polar surface area (TPSA) is 69.6 Å². The second-order valence-corrected chi connectivity index (χ2v) is 5.44. The maximum absolute atomic E-state index is 11.1. The van der Waals surface area contributed by atoms with Gasteiger partial charge in [-0.1, -0.05) is 0 Å². The fraction of sp³-hybridized carbons (Fsp3) is 0.545. The molecule has 6 nitrogen and oxygen atoms in total. The first-order chi connectivity index (χ1) is 8.65. The first-order valence-electron chi connectivity index (χ1n) is 5.87. The van der Waals surface area contributed by atoms with Gasteiger partial charge in [-0.25, -0.2) is 14.8 Å². The van der Waals surface area contributed by atoms with Gasteiger partial charge < -0.3 is 5.11 Å². The minimum absolute atomic E-state index is 0.0395. The Labute approximate surface area is 113 Å². The number of rotatable bonds is 2. The molecular weight excluding hydrogens is 300 g/mol. The third-order valence-electron chi connectivity index (χ3n) is 3.54. The molecule has 1 atom stereocenters. The third kappa shape index (κ3) is 2.02. The molecule has 18 heavy (non-hydrogen) atoms. The van der Waals surface area contributed by atoms with Crippen LogP contribution in [0.25, 0.3) is 0 Å². The molecule has 3 fully saturated rings. The van der Waals surface area contributed by atoms with Crippen LogP contribution in [0.5, 0.6) is 0 Å². The van der Waals surface area contributed by atoms with Gasteiger partial charge >= 0.3 is 5.97 Å². The zero-order chi connectivity index (χ0) is 12.7. The minimum atomic E-state index is -1.03. The van der Waals surface area contributed by atoms with Gasteiger partial charge in [-0.3, -0.25) is 9.80 Å². The molecule has 0 aromatic carbocycles. The van der Waals surface area contributed by atoms with Crippen molar-refractivity contribution in [3.05, 3.63) is 22.2 Å². The number of nitrogens with zero attached hydrogens (tertiary/aromatic N) is 4. The Morgan fingerprint density at radius 1 is 1.39 bits per heavy atom. The lowest BCUT2D eigenvalue weighted by Gasteiger charge is -2.46. The first-order valence-corrected chi connectivity index (χ1v) is 6.66. The zero-order valence-electron chi connectivity index (χ0n) is 9.71. The quantitative estimate of drug-likeness (QED) is 0.863. The highest BCUT2D eigenvalue weighted by Crippen LogP contribution is 2.27. The number of hydrogen-bond donors (Lipinski definition) is 1. The van der Waals surface area contributed by atoms with E-state index in [2.05, 4.69) is 35.7 Å². The Morgan fingerprint density at radius 2 is 2.11 bits per heavy atom. The minimum Gasteiger partial charge on any atom is -0.476 e. The number of carboxylic acid groups (broad SMARTS) is 1. The van der Waals surface area contributed by atoms with Crippen LogP contribution < -0.4 is 0 Å². The van der Waals surface area contributed by atoms with Gasteiger partial charge in [0.1, 0.15) is 5.82 Å². The molecule has 1 unspecified atom stereocenters. The lowest BCUT2D eigenvalue weighted by Crippen LogP contribution is -2.57. The monoisotopic (exact) mass is 312 g/mol. The van der Waals surface area contributed by atoms with Gasteiger partial charge in [0, 0.05) is 38.9 Å². The van der Waals surface area contributed by atoms with Crippen molar-refractivity contribution in [2.75, 3.05) is 32.7 Å². The van der Waals surface area contributed by atoms with Gasteiger partial charge in [0.25, 0.3) is 0 Å². The van der Waals surface area contributed by atoms with Gasteiger partial charge in [0.05, 0.1) is 10.5 Å². The molecule has 0 radical (unpaired) electrons. The van der Waals surface area contributed by atoms with E-state index in [1.807, 2.05) is 0 Å². The summed E-state index contributed by atoms with van der Waals surface area (Å²) in [6.07, 6.45) is 1.53. The highest BCUT2D eigenvalue weighted by Gasteiger charge is 2.34. The molecule has 1 N–H and O–H groups in total. The van der Waals surface area contributed by atoms with Crippen LogP contribution in [0.3, 0.4) is 0 Å². The van der Waals surface area contributed by atoms with Crippen LogP contribution >= 0.6 is 15.9 Å². The average molecular weight is 313 g/mol. The zero-order valence-corrected chi connectivity index (χ0v) is 11.3. The Balaban J connectivity index is 1.93.